The fourth-order valence-electron chi connectivity index (χ4n) is 2.26. The van der Waals surface area contributed by atoms with E-state index in [1.165, 1.54) is 12.1 Å². The van der Waals surface area contributed by atoms with Gasteiger partial charge in [0, 0.05) is 0 Å². The second kappa shape index (κ2) is 6.53. The SMILES string of the molecule is COc1ccc(CCC(O)c2ccc(F)cc2C)cc1. The van der Waals surface area contributed by atoms with Gasteiger partial charge >= 0.3 is 0 Å². The van der Waals surface area contributed by atoms with Crippen molar-refractivity contribution in [2.45, 2.75) is 25.9 Å². The van der Waals surface area contributed by atoms with Gasteiger partial charge in [0.15, 0.2) is 0 Å². The second-order valence-corrected chi connectivity index (χ2v) is 4.90. The van der Waals surface area contributed by atoms with Gasteiger partial charge in [0.05, 0.1) is 13.2 Å². The molecule has 2 aromatic carbocycles. The molecular weight excluding hydrogens is 255 g/mol. The van der Waals surface area contributed by atoms with Gasteiger partial charge in [-0.15, -0.1) is 0 Å². The monoisotopic (exact) mass is 274 g/mol. The Bertz CT molecular complexity index is 564. The third kappa shape index (κ3) is 3.58. The maximum atomic E-state index is 13.0. The van der Waals surface area contributed by atoms with Crippen LogP contribution in [0.3, 0.4) is 0 Å². The molecule has 0 aliphatic carbocycles. The highest BCUT2D eigenvalue weighted by Gasteiger charge is 2.11. The van der Waals surface area contributed by atoms with Crippen LogP contribution < -0.4 is 4.74 Å². The van der Waals surface area contributed by atoms with Crippen molar-refractivity contribution in [3.63, 3.8) is 0 Å². The highest BCUT2D eigenvalue weighted by atomic mass is 19.1. The normalized spacial score (nSPS) is 12.2. The lowest BCUT2D eigenvalue weighted by atomic mass is 9.98. The van der Waals surface area contributed by atoms with E-state index in [-0.39, 0.29) is 5.82 Å². The van der Waals surface area contributed by atoms with Crippen molar-refractivity contribution in [2.24, 2.45) is 0 Å². The van der Waals surface area contributed by atoms with E-state index in [2.05, 4.69) is 0 Å². The molecule has 0 aliphatic heterocycles. The summed E-state index contributed by atoms with van der Waals surface area (Å²) in [5.41, 5.74) is 2.72. The fourth-order valence-corrected chi connectivity index (χ4v) is 2.26. The van der Waals surface area contributed by atoms with Gasteiger partial charge < -0.3 is 9.84 Å². The molecular formula is C17H19FO2. The van der Waals surface area contributed by atoms with Gasteiger partial charge in [-0.2, -0.15) is 0 Å². The third-order valence-electron chi connectivity index (χ3n) is 3.46. The summed E-state index contributed by atoms with van der Waals surface area (Å²) >= 11 is 0. The molecule has 1 atom stereocenters. The minimum absolute atomic E-state index is 0.270. The van der Waals surface area contributed by atoms with Gasteiger partial charge in [0.25, 0.3) is 0 Å². The highest BCUT2D eigenvalue weighted by Crippen LogP contribution is 2.23. The number of aryl methyl sites for hydroxylation is 2. The van der Waals surface area contributed by atoms with Crippen LogP contribution in [-0.4, -0.2) is 12.2 Å². The van der Waals surface area contributed by atoms with E-state index in [0.717, 1.165) is 28.9 Å². The van der Waals surface area contributed by atoms with Crippen LogP contribution in [0.25, 0.3) is 0 Å². The van der Waals surface area contributed by atoms with E-state index in [9.17, 15) is 9.50 Å². The molecule has 0 spiro atoms. The Balaban J connectivity index is 1.98. The number of benzene rings is 2. The van der Waals surface area contributed by atoms with E-state index < -0.39 is 6.10 Å². The zero-order valence-corrected chi connectivity index (χ0v) is 11.8. The van der Waals surface area contributed by atoms with Crippen LogP contribution >= 0.6 is 0 Å². The molecule has 0 aromatic heterocycles. The van der Waals surface area contributed by atoms with Crippen LogP contribution in [0, 0.1) is 12.7 Å². The molecule has 3 heteroatoms. The molecule has 2 aromatic rings. The van der Waals surface area contributed by atoms with Gasteiger partial charge in [-0.3, -0.25) is 0 Å². The van der Waals surface area contributed by atoms with Crippen molar-refractivity contribution in [2.75, 3.05) is 7.11 Å². The van der Waals surface area contributed by atoms with E-state index in [1.807, 2.05) is 31.2 Å². The number of hydrogen-bond donors (Lipinski definition) is 1. The topological polar surface area (TPSA) is 29.5 Å². The van der Waals surface area contributed by atoms with Crippen LogP contribution in [-0.2, 0) is 6.42 Å². The van der Waals surface area contributed by atoms with Crippen LogP contribution in [0.1, 0.15) is 29.2 Å². The quantitative estimate of drug-likeness (QED) is 0.898. The molecule has 106 valence electrons. The third-order valence-corrected chi connectivity index (χ3v) is 3.46. The molecule has 0 radical (unpaired) electrons. The van der Waals surface area contributed by atoms with Crippen LogP contribution in [0.5, 0.6) is 5.75 Å². The van der Waals surface area contributed by atoms with Crippen molar-refractivity contribution in [1.82, 2.24) is 0 Å². The molecule has 0 bridgehead atoms. The molecule has 1 unspecified atom stereocenters. The summed E-state index contributed by atoms with van der Waals surface area (Å²) < 4.78 is 18.1. The first-order chi connectivity index (χ1) is 9.60. The summed E-state index contributed by atoms with van der Waals surface area (Å²) in [6, 6.07) is 12.3. The molecule has 0 heterocycles. The van der Waals surface area contributed by atoms with E-state index >= 15 is 0 Å². The number of aliphatic hydroxyl groups excluding tert-OH is 1. The Morgan fingerprint density at radius 1 is 1.15 bits per heavy atom. The Hall–Kier alpha value is -1.87. The number of ether oxygens (including phenoxy) is 1. The van der Waals surface area contributed by atoms with Gasteiger partial charge in [0.1, 0.15) is 11.6 Å². The van der Waals surface area contributed by atoms with Gasteiger partial charge in [0.2, 0.25) is 0 Å². The van der Waals surface area contributed by atoms with Crippen LogP contribution in [0.15, 0.2) is 42.5 Å². The minimum atomic E-state index is -0.572. The first kappa shape index (κ1) is 14.5. The molecule has 0 saturated heterocycles. The number of halogens is 1. The zero-order chi connectivity index (χ0) is 14.5. The highest BCUT2D eigenvalue weighted by molar-refractivity contribution is 5.30. The summed E-state index contributed by atoms with van der Waals surface area (Å²) in [6.45, 7) is 1.81. The molecule has 2 nitrogen and oxygen atoms in total. The predicted octanol–water partition coefficient (Wildman–Crippen LogP) is 3.81. The molecule has 1 N–H and O–H groups in total. The first-order valence-electron chi connectivity index (χ1n) is 6.67. The second-order valence-electron chi connectivity index (χ2n) is 4.90. The first-order valence-corrected chi connectivity index (χ1v) is 6.67. The maximum Gasteiger partial charge on any atom is 0.123 e. The largest absolute Gasteiger partial charge is 0.497 e. The van der Waals surface area contributed by atoms with E-state index in [4.69, 9.17) is 4.74 Å². The standard InChI is InChI=1S/C17H19FO2/c1-12-11-14(18)6-9-16(12)17(19)10-5-13-3-7-15(20-2)8-4-13/h3-4,6-9,11,17,19H,5,10H2,1-2H3. The summed E-state index contributed by atoms with van der Waals surface area (Å²) in [5, 5.41) is 10.2. The molecule has 0 aliphatic rings. The predicted molar refractivity (Wildman–Crippen MR) is 77.4 cm³/mol. The van der Waals surface area contributed by atoms with Crippen molar-refractivity contribution in [1.29, 1.82) is 0 Å². The smallest absolute Gasteiger partial charge is 0.123 e. The lowest BCUT2D eigenvalue weighted by Crippen LogP contribution is -2.02. The maximum absolute atomic E-state index is 13.0. The Labute approximate surface area is 118 Å². The molecule has 2 rings (SSSR count). The number of rotatable bonds is 5. The van der Waals surface area contributed by atoms with E-state index in [1.54, 1.807) is 13.2 Å². The van der Waals surface area contributed by atoms with Crippen molar-refractivity contribution >= 4 is 0 Å². The lowest BCUT2D eigenvalue weighted by molar-refractivity contribution is 0.167. The van der Waals surface area contributed by atoms with Crippen LogP contribution in [0.2, 0.25) is 0 Å². The summed E-state index contributed by atoms with van der Waals surface area (Å²) in [4.78, 5) is 0. The van der Waals surface area contributed by atoms with Crippen molar-refractivity contribution in [3.05, 3.63) is 65.0 Å². The molecule has 20 heavy (non-hydrogen) atoms. The Morgan fingerprint density at radius 3 is 2.45 bits per heavy atom. The van der Waals surface area contributed by atoms with Gasteiger partial charge in [-0.1, -0.05) is 18.2 Å². The Morgan fingerprint density at radius 2 is 1.85 bits per heavy atom. The van der Waals surface area contributed by atoms with Crippen molar-refractivity contribution in [3.8, 4) is 5.75 Å². The lowest BCUT2D eigenvalue weighted by Gasteiger charge is -2.14. The van der Waals surface area contributed by atoms with Gasteiger partial charge in [-0.25, -0.2) is 4.39 Å². The summed E-state index contributed by atoms with van der Waals surface area (Å²) in [6.07, 6.45) is 0.804. The Kier molecular flexibility index (Phi) is 4.74. The average Bonchev–Trinajstić information content (AvgIpc) is 2.45. The molecule has 0 fully saturated rings. The zero-order valence-electron chi connectivity index (χ0n) is 11.8. The number of aliphatic hydroxyl groups is 1. The van der Waals surface area contributed by atoms with Crippen LogP contribution in [0.4, 0.5) is 4.39 Å². The summed E-state index contributed by atoms with van der Waals surface area (Å²) in [7, 11) is 1.63. The molecule has 0 amide bonds. The van der Waals surface area contributed by atoms with E-state index in [0.29, 0.717) is 6.42 Å². The minimum Gasteiger partial charge on any atom is -0.497 e. The molecule has 0 saturated carbocycles. The average molecular weight is 274 g/mol. The fraction of sp³-hybridized carbons (Fsp3) is 0.294. The summed E-state index contributed by atoms with van der Waals surface area (Å²) in [5.74, 6) is 0.553. The van der Waals surface area contributed by atoms with Gasteiger partial charge in [-0.05, 0) is 60.7 Å². The van der Waals surface area contributed by atoms with Crippen molar-refractivity contribution < 1.29 is 14.2 Å². The number of hydrogen-bond acceptors (Lipinski definition) is 2. The number of methoxy groups -OCH3 is 1.